The highest BCUT2D eigenvalue weighted by Crippen LogP contribution is 2.36. The topological polar surface area (TPSA) is 57.9 Å². The summed E-state index contributed by atoms with van der Waals surface area (Å²) in [6.45, 7) is 1.69. The van der Waals surface area contributed by atoms with E-state index in [1.54, 1.807) is 0 Å². The molecule has 1 fully saturated rings. The average molecular weight is 264 g/mol. The number of halogens is 2. The molecule has 0 atom stereocenters. The Morgan fingerprint density at radius 1 is 1.11 bits per heavy atom. The van der Waals surface area contributed by atoms with Gasteiger partial charge < -0.3 is 10.6 Å². The minimum absolute atomic E-state index is 0.353. The first-order valence-corrected chi connectivity index (χ1v) is 6.20. The van der Waals surface area contributed by atoms with Crippen molar-refractivity contribution in [3.05, 3.63) is 30.0 Å². The van der Waals surface area contributed by atoms with Crippen LogP contribution in [-0.4, -0.2) is 23.3 Å². The van der Waals surface area contributed by atoms with Crippen LogP contribution in [0.1, 0.15) is 12.8 Å². The van der Waals surface area contributed by atoms with Crippen LogP contribution in [-0.2, 0) is 0 Å². The van der Waals surface area contributed by atoms with Gasteiger partial charge in [-0.2, -0.15) is 5.10 Å². The maximum absolute atomic E-state index is 13.5. The first kappa shape index (κ1) is 12.0. The minimum atomic E-state index is -0.876. The summed E-state index contributed by atoms with van der Waals surface area (Å²) in [6.07, 6.45) is 3.64. The SMILES string of the molecule is Nc1[nH]ncc1-c1cc(F)c(F)cc1N1CCCC1. The molecule has 0 bridgehead atoms. The molecule has 4 nitrogen and oxygen atoms in total. The van der Waals surface area contributed by atoms with E-state index in [4.69, 9.17) is 5.73 Å². The first-order valence-electron chi connectivity index (χ1n) is 6.20. The van der Waals surface area contributed by atoms with E-state index in [-0.39, 0.29) is 0 Å². The maximum Gasteiger partial charge on any atom is 0.160 e. The highest BCUT2D eigenvalue weighted by atomic mass is 19.2. The summed E-state index contributed by atoms with van der Waals surface area (Å²) in [5.74, 6) is -1.36. The third-order valence-corrected chi connectivity index (χ3v) is 3.44. The summed E-state index contributed by atoms with van der Waals surface area (Å²) in [4.78, 5) is 2.05. The van der Waals surface area contributed by atoms with Crippen LogP contribution in [0.2, 0.25) is 0 Å². The predicted molar refractivity (Wildman–Crippen MR) is 69.8 cm³/mol. The molecule has 100 valence electrons. The lowest BCUT2D eigenvalue weighted by Gasteiger charge is -2.21. The number of aromatic amines is 1. The molecule has 3 rings (SSSR count). The van der Waals surface area contributed by atoms with E-state index in [0.29, 0.717) is 22.6 Å². The molecule has 19 heavy (non-hydrogen) atoms. The van der Waals surface area contributed by atoms with Gasteiger partial charge in [0.15, 0.2) is 11.6 Å². The number of nitrogens with one attached hydrogen (secondary N) is 1. The normalized spacial score (nSPS) is 15.2. The zero-order chi connectivity index (χ0) is 13.4. The molecule has 0 spiro atoms. The molecule has 1 saturated heterocycles. The molecular formula is C13H14F2N4. The number of nitrogen functional groups attached to an aromatic ring is 1. The fraction of sp³-hybridized carbons (Fsp3) is 0.308. The summed E-state index contributed by atoms with van der Waals surface area (Å²) in [7, 11) is 0. The number of hydrogen-bond donors (Lipinski definition) is 2. The van der Waals surface area contributed by atoms with E-state index >= 15 is 0 Å². The highest BCUT2D eigenvalue weighted by molar-refractivity contribution is 5.84. The Morgan fingerprint density at radius 3 is 2.42 bits per heavy atom. The van der Waals surface area contributed by atoms with Crippen LogP contribution in [0.5, 0.6) is 0 Å². The lowest BCUT2D eigenvalue weighted by Crippen LogP contribution is -2.19. The van der Waals surface area contributed by atoms with E-state index in [9.17, 15) is 8.78 Å². The molecule has 0 saturated carbocycles. The van der Waals surface area contributed by atoms with Gasteiger partial charge in [-0.25, -0.2) is 8.78 Å². The molecule has 1 aromatic heterocycles. The van der Waals surface area contributed by atoms with Crippen molar-refractivity contribution < 1.29 is 8.78 Å². The highest BCUT2D eigenvalue weighted by Gasteiger charge is 2.21. The van der Waals surface area contributed by atoms with E-state index < -0.39 is 11.6 Å². The van der Waals surface area contributed by atoms with Crippen LogP contribution in [0, 0.1) is 11.6 Å². The van der Waals surface area contributed by atoms with Gasteiger partial charge in [-0.3, -0.25) is 5.10 Å². The van der Waals surface area contributed by atoms with E-state index in [1.165, 1.54) is 18.3 Å². The molecule has 0 amide bonds. The standard InChI is InChI=1S/C13H14F2N4/c14-10-5-8(9-7-17-18-13(9)16)12(6-11(10)15)19-3-1-2-4-19/h5-7H,1-4H2,(H3,16,17,18). The Morgan fingerprint density at radius 2 is 1.79 bits per heavy atom. The molecule has 2 aromatic rings. The Labute approximate surface area is 109 Å². The van der Waals surface area contributed by atoms with Crippen LogP contribution in [0.25, 0.3) is 11.1 Å². The first-order chi connectivity index (χ1) is 9.16. The van der Waals surface area contributed by atoms with Crippen LogP contribution >= 0.6 is 0 Å². The van der Waals surface area contributed by atoms with Crippen molar-refractivity contribution in [3.8, 4) is 11.1 Å². The largest absolute Gasteiger partial charge is 0.384 e. The smallest absolute Gasteiger partial charge is 0.160 e. The predicted octanol–water partition coefficient (Wildman–Crippen LogP) is 2.54. The zero-order valence-electron chi connectivity index (χ0n) is 10.3. The van der Waals surface area contributed by atoms with Gasteiger partial charge in [0.2, 0.25) is 0 Å². The summed E-state index contributed by atoms with van der Waals surface area (Å²) >= 11 is 0. The Balaban J connectivity index is 2.16. The van der Waals surface area contributed by atoms with E-state index in [2.05, 4.69) is 10.2 Å². The van der Waals surface area contributed by atoms with Crippen molar-refractivity contribution in [3.63, 3.8) is 0 Å². The average Bonchev–Trinajstić information content (AvgIpc) is 3.03. The third kappa shape index (κ3) is 2.03. The molecule has 1 aromatic carbocycles. The van der Waals surface area contributed by atoms with Crippen molar-refractivity contribution in [1.82, 2.24) is 10.2 Å². The molecule has 0 radical (unpaired) electrons. The van der Waals surface area contributed by atoms with Gasteiger partial charge in [0.05, 0.1) is 6.20 Å². The maximum atomic E-state index is 13.5. The quantitative estimate of drug-likeness (QED) is 0.876. The number of anilines is 2. The fourth-order valence-electron chi connectivity index (χ4n) is 2.48. The van der Waals surface area contributed by atoms with Gasteiger partial charge >= 0.3 is 0 Å². The Kier molecular flexibility index (Phi) is 2.85. The van der Waals surface area contributed by atoms with Crippen LogP contribution in [0.4, 0.5) is 20.3 Å². The molecular weight excluding hydrogens is 250 g/mol. The summed E-state index contributed by atoms with van der Waals surface area (Å²) < 4.78 is 27.0. The molecule has 1 aliphatic heterocycles. The second-order valence-electron chi connectivity index (χ2n) is 4.67. The molecule has 6 heteroatoms. The number of aromatic nitrogens is 2. The molecule has 1 aliphatic rings. The van der Waals surface area contributed by atoms with Crippen molar-refractivity contribution in [2.24, 2.45) is 0 Å². The van der Waals surface area contributed by atoms with Gasteiger partial charge in [-0.1, -0.05) is 0 Å². The number of nitrogens with zero attached hydrogens (tertiary/aromatic N) is 2. The number of rotatable bonds is 2. The fourth-order valence-corrected chi connectivity index (χ4v) is 2.48. The summed E-state index contributed by atoms with van der Waals surface area (Å²) in [5.41, 5.74) is 7.62. The molecule has 0 aliphatic carbocycles. The van der Waals surface area contributed by atoms with Gasteiger partial charge in [0.25, 0.3) is 0 Å². The second-order valence-corrected chi connectivity index (χ2v) is 4.67. The molecule has 3 N–H and O–H groups in total. The van der Waals surface area contributed by atoms with Gasteiger partial charge in [-0.15, -0.1) is 0 Å². The van der Waals surface area contributed by atoms with E-state index in [0.717, 1.165) is 25.9 Å². The number of hydrogen-bond acceptors (Lipinski definition) is 3. The van der Waals surface area contributed by atoms with Crippen LogP contribution in [0.15, 0.2) is 18.3 Å². The summed E-state index contributed by atoms with van der Waals surface area (Å²) in [6, 6.07) is 2.42. The third-order valence-electron chi connectivity index (χ3n) is 3.44. The molecule has 2 heterocycles. The van der Waals surface area contributed by atoms with Gasteiger partial charge in [0.1, 0.15) is 5.82 Å². The number of benzene rings is 1. The number of H-pyrrole nitrogens is 1. The molecule has 0 unspecified atom stereocenters. The van der Waals surface area contributed by atoms with Crippen molar-refractivity contribution in [2.75, 3.05) is 23.7 Å². The Hall–Kier alpha value is -2.11. The van der Waals surface area contributed by atoms with Crippen molar-refractivity contribution in [2.45, 2.75) is 12.8 Å². The second kappa shape index (κ2) is 4.53. The van der Waals surface area contributed by atoms with Crippen LogP contribution in [0.3, 0.4) is 0 Å². The lowest BCUT2D eigenvalue weighted by atomic mass is 10.0. The summed E-state index contributed by atoms with van der Waals surface area (Å²) in [5, 5.41) is 6.45. The number of nitrogens with two attached hydrogens (primary N) is 1. The minimum Gasteiger partial charge on any atom is -0.384 e. The van der Waals surface area contributed by atoms with Gasteiger partial charge in [-0.05, 0) is 18.9 Å². The van der Waals surface area contributed by atoms with Crippen LogP contribution < -0.4 is 10.6 Å². The zero-order valence-corrected chi connectivity index (χ0v) is 10.3. The Bertz CT molecular complexity index is 603. The monoisotopic (exact) mass is 264 g/mol. The van der Waals surface area contributed by atoms with Gasteiger partial charge in [0, 0.05) is 36.0 Å². The van der Waals surface area contributed by atoms with Crippen molar-refractivity contribution >= 4 is 11.5 Å². The lowest BCUT2D eigenvalue weighted by molar-refractivity contribution is 0.509. The van der Waals surface area contributed by atoms with Crippen molar-refractivity contribution in [1.29, 1.82) is 0 Å². The van der Waals surface area contributed by atoms with E-state index in [1.807, 2.05) is 4.90 Å².